The van der Waals surface area contributed by atoms with Crippen LogP contribution in [-0.4, -0.2) is 48.0 Å². The quantitative estimate of drug-likeness (QED) is 0.897. The summed E-state index contributed by atoms with van der Waals surface area (Å²) in [4.78, 5) is 20.2. The molecule has 3 aliphatic heterocycles. The molecule has 1 atom stereocenters. The highest BCUT2D eigenvalue weighted by Gasteiger charge is 2.32. The van der Waals surface area contributed by atoms with Gasteiger partial charge in [-0.05, 0) is 31.4 Å². The van der Waals surface area contributed by atoms with Crippen LogP contribution in [0, 0.1) is 0 Å². The van der Waals surface area contributed by atoms with E-state index < -0.39 is 0 Å². The van der Waals surface area contributed by atoms with Crippen LogP contribution in [-0.2, 0) is 6.54 Å². The van der Waals surface area contributed by atoms with E-state index in [9.17, 15) is 0 Å². The summed E-state index contributed by atoms with van der Waals surface area (Å²) in [5.41, 5.74) is 0. The van der Waals surface area contributed by atoms with Gasteiger partial charge in [0.05, 0.1) is 12.8 Å². The molecule has 114 valence electrons. The predicted molar refractivity (Wildman–Crippen MR) is 85.6 cm³/mol. The van der Waals surface area contributed by atoms with Gasteiger partial charge in [-0.3, -0.25) is 9.98 Å². The summed E-state index contributed by atoms with van der Waals surface area (Å²) in [6.07, 6.45) is 6.92. The summed E-state index contributed by atoms with van der Waals surface area (Å²) in [6.45, 7) is 2.52. The van der Waals surface area contributed by atoms with Gasteiger partial charge in [0.1, 0.15) is 17.9 Å². The van der Waals surface area contributed by atoms with Gasteiger partial charge in [0.25, 0.3) is 0 Å². The molecule has 1 fully saturated rings. The van der Waals surface area contributed by atoms with E-state index in [1.807, 2.05) is 12.1 Å². The van der Waals surface area contributed by atoms with E-state index >= 15 is 0 Å². The third-order valence-corrected chi connectivity index (χ3v) is 4.01. The number of furan rings is 1. The molecule has 4 heterocycles. The number of hydrogen-bond acceptors (Lipinski definition) is 6. The Bertz CT molecular complexity index is 652. The fraction of sp³-hybridized carbons (Fsp3) is 0.467. The molecule has 1 saturated heterocycles. The van der Waals surface area contributed by atoms with Crippen molar-refractivity contribution in [1.29, 1.82) is 0 Å². The second kappa shape index (κ2) is 5.75. The van der Waals surface area contributed by atoms with Crippen LogP contribution < -0.4 is 5.32 Å². The highest BCUT2D eigenvalue weighted by molar-refractivity contribution is 6.24. The van der Waals surface area contributed by atoms with Crippen molar-refractivity contribution < 1.29 is 4.42 Å². The van der Waals surface area contributed by atoms with Crippen LogP contribution in [0.5, 0.6) is 0 Å². The summed E-state index contributed by atoms with van der Waals surface area (Å²) in [6, 6.07) is 3.57. The van der Waals surface area contributed by atoms with Crippen LogP contribution in [0.1, 0.15) is 25.0 Å². The van der Waals surface area contributed by atoms with E-state index in [-0.39, 0.29) is 6.04 Å². The first-order valence-corrected chi connectivity index (χ1v) is 7.67. The molecule has 3 aliphatic rings. The number of nitrogens with one attached hydrogen (secondary N) is 1. The van der Waals surface area contributed by atoms with Crippen molar-refractivity contribution in [3.8, 4) is 0 Å². The summed E-state index contributed by atoms with van der Waals surface area (Å²) in [5, 5.41) is 3.30. The minimum absolute atomic E-state index is 0.205. The summed E-state index contributed by atoms with van der Waals surface area (Å²) >= 11 is 0. The van der Waals surface area contributed by atoms with E-state index in [1.54, 1.807) is 12.6 Å². The lowest BCUT2D eigenvalue weighted by Gasteiger charge is -2.32. The van der Waals surface area contributed by atoms with E-state index in [2.05, 4.69) is 25.2 Å². The number of fused-ring (bicyclic) bond motifs is 1. The number of likely N-dealkylation sites (tertiary alicyclic amines) is 1. The molecular weight excluding hydrogens is 280 g/mol. The maximum Gasteiger partial charge on any atom is 0.205 e. The summed E-state index contributed by atoms with van der Waals surface area (Å²) in [7, 11) is 0. The Balaban J connectivity index is 1.59. The van der Waals surface area contributed by atoms with E-state index in [1.165, 1.54) is 19.3 Å². The van der Waals surface area contributed by atoms with E-state index in [4.69, 9.17) is 9.41 Å². The smallest absolute Gasteiger partial charge is 0.205 e. The zero-order chi connectivity index (χ0) is 14.8. The van der Waals surface area contributed by atoms with Crippen LogP contribution >= 0.6 is 0 Å². The fourth-order valence-electron chi connectivity index (χ4n) is 2.84. The monoisotopic (exact) mass is 298 g/mol. The van der Waals surface area contributed by atoms with Crippen molar-refractivity contribution >= 4 is 24.0 Å². The van der Waals surface area contributed by atoms with Crippen molar-refractivity contribution in [3.63, 3.8) is 0 Å². The molecule has 0 bridgehead atoms. The van der Waals surface area contributed by atoms with Gasteiger partial charge in [0, 0.05) is 13.1 Å². The van der Waals surface area contributed by atoms with Crippen molar-refractivity contribution in [3.05, 3.63) is 24.2 Å². The topological polar surface area (TPSA) is 77.8 Å². The summed E-state index contributed by atoms with van der Waals surface area (Å²) < 4.78 is 5.33. The van der Waals surface area contributed by atoms with Gasteiger partial charge in [-0.15, -0.1) is 0 Å². The zero-order valence-electron chi connectivity index (χ0n) is 12.3. The molecule has 7 heteroatoms. The van der Waals surface area contributed by atoms with Crippen molar-refractivity contribution in [2.45, 2.75) is 31.8 Å². The molecule has 0 aromatic carbocycles. The Morgan fingerprint density at radius 2 is 2.23 bits per heavy atom. The second-order valence-corrected chi connectivity index (χ2v) is 5.54. The standard InChI is InChI=1S/C15H18N6O/c1-2-6-21(7-3-1)15-19-13(12-14(20-15)18-10-17-12)16-9-11-5-4-8-22-11/h4-5,8,10,12H,1-3,6-7,9H2,(H,16,17,18,19,20). The molecule has 7 nitrogen and oxygen atoms in total. The number of aliphatic imine (C=N–C) groups is 4. The Morgan fingerprint density at radius 3 is 3.05 bits per heavy atom. The Kier molecular flexibility index (Phi) is 3.46. The normalized spacial score (nSPS) is 25.7. The first-order chi connectivity index (χ1) is 10.9. The lowest BCUT2D eigenvalue weighted by atomic mass is 10.1. The SMILES string of the molecule is C1=NC2C(=NCc3ccco3)N=C(N3CCCCC3)NC2=N1. The molecule has 0 spiro atoms. The molecule has 0 radical (unpaired) electrons. The molecule has 4 rings (SSSR count). The molecule has 0 amide bonds. The van der Waals surface area contributed by atoms with Gasteiger partial charge >= 0.3 is 0 Å². The number of hydrogen-bond donors (Lipinski definition) is 1. The molecule has 1 aromatic heterocycles. The van der Waals surface area contributed by atoms with Crippen LogP contribution in [0.2, 0.25) is 0 Å². The van der Waals surface area contributed by atoms with Gasteiger partial charge in [0.2, 0.25) is 5.96 Å². The third kappa shape index (κ3) is 2.54. The number of piperidine rings is 1. The molecule has 1 unspecified atom stereocenters. The molecule has 0 saturated carbocycles. The largest absolute Gasteiger partial charge is 0.467 e. The van der Waals surface area contributed by atoms with Crippen molar-refractivity contribution in [2.75, 3.05) is 13.1 Å². The van der Waals surface area contributed by atoms with Gasteiger partial charge in [-0.1, -0.05) is 0 Å². The Hall–Kier alpha value is -2.44. The number of amidine groups is 2. The lowest BCUT2D eigenvalue weighted by Crippen LogP contribution is -2.53. The summed E-state index contributed by atoms with van der Waals surface area (Å²) in [5.74, 6) is 3.18. The maximum absolute atomic E-state index is 5.33. The van der Waals surface area contributed by atoms with Crippen LogP contribution in [0.4, 0.5) is 0 Å². The predicted octanol–water partition coefficient (Wildman–Crippen LogP) is 1.43. The maximum atomic E-state index is 5.33. The average molecular weight is 298 g/mol. The van der Waals surface area contributed by atoms with Crippen LogP contribution in [0.15, 0.2) is 42.8 Å². The number of nitrogens with zero attached hydrogens (tertiary/aromatic N) is 5. The highest BCUT2D eigenvalue weighted by Crippen LogP contribution is 2.15. The third-order valence-electron chi connectivity index (χ3n) is 4.01. The zero-order valence-corrected chi connectivity index (χ0v) is 12.3. The molecule has 22 heavy (non-hydrogen) atoms. The molecule has 1 N–H and O–H groups in total. The fourth-order valence-corrected chi connectivity index (χ4v) is 2.84. The van der Waals surface area contributed by atoms with Crippen molar-refractivity contribution in [1.82, 2.24) is 10.2 Å². The average Bonchev–Trinajstić information content (AvgIpc) is 3.24. The van der Waals surface area contributed by atoms with Gasteiger partial charge < -0.3 is 14.6 Å². The minimum atomic E-state index is -0.205. The van der Waals surface area contributed by atoms with Crippen molar-refractivity contribution in [2.24, 2.45) is 20.0 Å². The first kappa shape index (κ1) is 13.2. The van der Waals surface area contributed by atoms with E-state index in [0.717, 1.165) is 30.6 Å². The van der Waals surface area contributed by atoms with Gasteiger partial charge in [0.15, 0.2) is 11.9 Å². The molecule has 1 aromatic rings. The van der Waals surface area contributed by atoms with Gasteiger partial charge in [-0.25, -0.2) is 4.99 Å². The van der Waals surface area contributed by atoms with Crippen LogP contribution in [0.3, 0.4) is 0 Å². The van der Waals surface area contributed by atoms with Crippen LogP contribution in [0.25, 0.3) is 0 Å². The molecular formula is C15H18N6O. The first-order valence-electron chi connectivity index (χ1n) is 7.67. The molecule has 0 aliphatic carbocycles. The number of guanidine groups is 1. The minimum Gasteiger partial charge on any atom is -0.467 e. The second-order valence-electron chi connectivity index (χ2n) is 5.54. The van der Waals surface area contributed by atoms with Gasteiger partial charge in [-0.2, -0.15) is 4.99 Å². The highest BCUT2D eigenvalue weighted by atomic mass is 16.3. The Morgan fingerprint density at radius 1 is 1.32 bits per heavy atom. The Labute approximate surface area is 128 Å². The number of rotatable bonds is 2. The lowest BCUT2D eigenvalue weighted by molar-refractivity contribution is 0.336. The van der Waals surface area contributed by atoms with E-state index in [0.29, 0.717) is 12.4 Å².